The second-order valence-electron chi connectivity index (χ2n) is 6.50. The fourth-order valence-electron chi connectivity index (χ4n) is 2.91. The number of carbonyl (C=O) groups excluding carboxylic acids is 1. The van der Waals surface area contributed by atoms with Gasteiger partial charge in [0.15, 0.2) is 5.16 Å². The summed E-state index contributed by atoms with van der Waals surface area (Å²) in [6.45, 7) is 6.18. The van der Waals surface area contributed by atoms with Crippen molar-refractivity contribution >= 4 is 17.7 Å². The molecule has 0 fully saturated rings. The number of benzene rings is 2. The molecule has 0 unspecified atom stereocenters. The monoisotopic (exact) mass is 380 g/mol. The maximum atomic E-state index is 12.5. The molecule has 27 heavy (non-hydrogen) atoms. The second-order valence-corrected chi connectivity index (χ2v) is 7.44. The lowest BCUT2D eigenvalue weighted by molar-refractivity contribution is -0.119. The second kappa shape index (κ2) is 8.86. The number of amides is 1. The Labute approximate surface area is 164 Å². The zero-order valence-corrected chi connectivity index (χ0v) is 16.7. The Kier molecular flexibility index (Phi) is 6.29. The molecular weight excluding hydrogens is 356 g/mol. The van der Waals surface area contributed by atoms with E-state index < -0.39 is 0 Å². The van der Waals surface area contributed by atoms with E-state index in [4.69, 9.17) is 0 Å². The van der Waals surface area contributed by atoms with E-state index in [0.717, 1.165) is 23.2 Å². The normalized spacial score (nSPS) is 12.0. The number of nitrogens with zero attached hydrogens (tertiary/aromatic N) is 3. The van der Waals surface area contributed by atoms with Crippen molar-refractivity contribution < 1.29 is 4.79 Å². The van der Waals surface area contributed by atoms with Crippen molar-refractivity contribution in [1.29, 1.82) is 0 Å². The van der Waals surface area contributed by atoms with Crippen LogP contribution in [0.4, 0.5) is 0 Å². The molecule has 0 spiro atoms. The van der Waals surface area contributed by atoms with Gasteiger partial charge in [0.2, 0.25) is 5.91 Å². The molecule has 1 amide bonds. The van der Waals surface area contributed by atoms with E-state index in [1.54, 1.807) is 6.33 Å². The molecule has 0 saturated heterocycles. The number of aryl methyl sites for hydroxylation is 2. The first-order valence-electron chi connectivity index (χ1n) is 9.03. The van der Waals surface area contributed by atoms with Gasteiger partial charge in [-0.3, -0.25) is 9.36 Å². The number of para-hydroxylation sites is 1. The third-order valence-electron chi connectivity index (χ3n) is 4.45. The van der Waals surface area contributed by atoms with Crippen LogP contribution in [0.25, 0.3) is 5.69 Å². The number of carbonyl (C=O) groups is 1. The molecule has 0 aliphatic heterocycles. The predicted octanol–water partition coefficient (Wildman–Crippen LogP) is 4.24. The van der Waals surface area contributed by atoms with E-state index >= 15 is 0 Å². The molecule has 140 valence electrons. The molecule has 0 radical (unpaired) electrons. The van der Waals surface area contributed by atoms with Crippen molar-refractivity contribution in [3.8, 4) is 5.69 Å². The Morgan fingerprint density at radius 3 is 2.59 bits per heavy atom. The Bertz CT molecular complexity index is 905. The first-order chi connectivity index (χ1) is 13.1. The standard InChI is InChI=1S/C21H24N4OS/c1-4-18(17-11-9-15(2)10-12-17)23-20(26)13-27-21-24-22-14-25(21)19-8-6-5-7-16(19)3/h5-12,14,18H,4,13H2,1-3H3,(H,23,26)/t18-/m1/s1. The first-order valence-corrected chi connectivity index (χ1v) is 10.0. The summed E-state index contributed by atoms with van der Waals surface area (Å²) < 4.78 is 1.92. The molecule has 5 nitrogen and oxygen atoms in total. The summed E-state index contributed by atoms with van der Waals surface area (Å²) in [4.78, 5) is 12.5. The van der Waals surface area contributed by atoms with Crippen LogP contribution in [0.3, 0.4) is 0 Å². The van der Waals surface area contributed by atoms with Crippen LogP contribution in [0.2, 0.25) is 0 Å². The molecule has 1 atom stereocenters. The summed E-state index contributed by atoms with van der Waals surface area (Å²) in [6.07, 6.45) is 2.53. The van der Waals surface area contributed by atoms with Crippen LogP contribution in [0.1, 0.15) is 36.1 Å². The quantitative estimate of drug-likeness (QED) is 0.623. The topological polar surface area (TPSA) is 59.8 Å². The molecule has 0 bridgehead atoms. The largest absolute Gasteiger partial charge is 0.349 e. The third kappa shape index (κ3) is 4.77. The molecule has 1 heterocycles. The minimum atomic E-state index is -0.00763. The molecule has 1 aromatic heterocycles. The summed E-state index contributed by atoms with van der Waals surface area (Å²) in [5.41, 5.74) is 4.50. The highest BCUT2D eigenvalue weighted by Crippen LogP contribution is 2.22. The lowest BCUT2D eigenvalue weighted by atomic mass is 10.0. The van der Waals surface area contributed by atoms with Crippen LogP contribution in [-0.4, -0.2) is 26.4 Å². The van der Waals surface area contributed by atoms with Crippen LogP contribution < -0.4 is 5.32 Å². The predicted molar refractivity (Wildman–Crippen MR) is 109 cm³/mol. The molecule has 6 heteroatoms. The van der Waals surface area contributed by atoms with E-state index in [2.05, 4.69) is 53.6 Å². The first kappa shape index (κ1) is 19.2. The van der Waals surface area contributed by atoms with E-state index in [-0.39, 0.29) is 11.9 Å². The number of nitrogens with one attached hydrogen (secondary N) is 1. The summed E-state index contributed by atoms with van der Waals surface area (Å²) in [5, 5.41) is 12.0. The van der Waals surface area contributed by atoms with E-state index in [0.29, 0.717) is 10.9 Å². The van der Waals surface area contributed by atoms with Crippen molar-refractivity contribution in [3.05, 3.63) is 71.5 Å². The van der Waals surface area contributed by atoms with Crippen molar-refractivity contribution in [1.82, 2.24) is 20.1 Å². The fraction of sp³-hybridized carbons (Fsp3) is 0.286. The number of aromatic nitrogens is 3. The van der Waals surface area contributed by atoms with E-state index in [1.807, 2.05) is 35.8 Å². The summed E-state index contributed by atoms with van der Waals surface area (Å²) in [7, 11) is 0. The Morgan fingerprint density at radius 1 is 1.15 bits per heavy atom. The number of thioether (sulfide) groups is 1. The average Bonchev–Trinajstić information content (AvgIpc) is 3.14. The summed E-state index contributed by atoms with van der Waals surface area (Å²) >= 11 is 1.39. The highest BCUT2D eigenvalue weighted by atomic mass is 32.2. The van der Waals surface area contributed by atoms with Crippen LogP contribution in [0.5, 0.6) is 0 Å². The molecule has 2 aromatic carbocycles. The molecule has 0 saturated carbocycles. The van der Waals surface area contributed by atoms with Gasteiger partial charge in [0.25, 0.3) is 0 Å². The minimum absolute atomic E-state index is 0.00763. The van der Waals surface area contributed by atoms with Gasteiger partial charge in [-0.1, -0.05) is 66.7 Å². The maximum Gasteiger partial charge on any atom is 0.230 e. The van der Waals surface area contributed by atoms with Crippen molar-refractivity contribution in [2.45, 2.75) is 38.4 Å². The van der Waals surface area contributed by atoms with E-state index in [1.165, 1.54) is 17.3 Å². The Hall–Kier alpha value is -2.60. The van der Waals surface area contributed by atoms with Gasteiger partial charge in [0.1, 0.15) is 6.33 Å². The van der Waals surface area contributed by atoms with Crippen molar-refractivity contribution in [3.63, 3.8) is 0 Å². The van der Waals surface area contributed by atoms with E-state index in [9.17, 15) is 4.79 Å². The summed E-state index contributed by atoms with van der Waals surface area (Å²) in [5.74, 6) is 0.291. The minimum Gasteiger partial charge on any atom is -0.349 e. The molecule has 0 aliphatic rings. The highest BCUT2D eigenvalue weighted by Gasteiger charge is 2.15. The maximum absolute atomic E-state index is 12.5. The fourth-order valence-corrected chi connectivity index (χ4v) is 3.64. The molecular formula is C21H24N4OS. The van der Waals surface area contributed by atoms with Crippen LogP contribution in [0.15, 0.2) is 60.0 Å². The van der Waals surface area contributed by atoms with Crippen LogP contribution in [-0.2, 0) is 4.79 Å². The molecule has 3 rings (SSSR count). The smallest absolute Gasteiger partial charge is 0.230 e. The third-order valence-corrected chi connectivity index (χ3v) is 5.39. The Morgan fingerprint density at radius 2 is 1.89 bits per heavy atom. The van der Waals surface area contributed by atoms with Gasteiger partial charge in [-0.25, -0.2) is 0 Å². The van der Waals surface area contributed by atoms with Crippen molar-refractivity contribution in [2.75, 3.05) is 5.75 Å². The zero-order valence-electron chi connectivity index (χ0n) is 15.8. The Balaban J connectivity index is 1.64. The van der Waals surface area contributed by atoms with Gasteiger partial charge in [-0.05, 0) is 37.5 Å². The van der Waals surface area contributed by atoms with Gasteiger partial charge in [-0.2, -0.15) is 0 Å². The number of hydrogen-bond donors (Lipinski definition) is 1. The number of rotatable bonds is 7. The zero-order chi connectivity index (χ0) is 19.2. The number of hydrogen-bond acceptors (Lipinski definition) is 4. The lowest BCUT2D eigenvalue weighted by Crippen LogP contribution is -2.29. The molecule has 1 N–H and O–H groups in total. The summed E-state index contributed by atoms with van der Waals surface area (Å²) in [6, 6.07) is 16.4. The van der Waals surface area contributed by atoms with Gasteiger partial charge in [0.05, 0.1) is 17.5 Å². The van der Waals surface area contributed by atoms with Crippen molar-refractivity contribution in [2.24, 2.45) is 0 Å². The highest BCUT2D eigenvalue weighted by molar-refractivity contribution is 7.99. The van der Waals surface area contributed by atoms with Crippen LogP contribution in [0, 0.1) is 13.8 Å². The van der Waals surface area contributed by atoms with Gasteiger partial charge in [0, 0.05) is 0 Å². The molecule has 3 aromatic rings. The van der Waals surface area contributed by atoms with Gasteiger partial charge in [-0.15, -0.1) is 10.2 Å². The van der Waals surface area contributed by atoms with Gasteiger partial charge >= 0.3 is 0 Å². The van der Waals surface area contributed by atoms with Gasteiger partial charge < -0.3 is 5.32 Å². The average molecular weight is 381 g/mol. The van der Waals surface area contributed by atoms with Crippen LogP contribution >= 0.6 is 11.8 Å². The molecule has 0 aliphatic carbocycles. The lowest BCUT2D eigenvalue weighted by Gasteiger charge is -2.17. The SMILES string of the molecule is CC[C@@H](NC(=O)CSc1nncn1-c1ccccc1C)c1ccc(C)cc1.